The summed E-state index contributed by atoms with van der Waals surface area (Å²) in [5.41, 5.74) is 0.858. The van der Waals surface area contributed by atoms with E-state index in [-0.39, 0.29) is 47.9 Å². The summed E-state index contributed by atoms with van der Waals surface area (Å²) in [6.07, 6.45) is 2.84. The molecule has 0 aromatic carbocycles. The number of aliphatic hydroxyl groups excluding tert-OH is 2. The average Bonchev–Trinajstić information content (AvgIpc) is 2.54. The van der Waals surface area contributed by atoms with Crippen LogP contribution >= 0.6 is 0 Å². The molecule has 0 saturated heterocycles. The van der Waals surface area contributed by atoms with E-state index in [0.29, 0.717) is 11.1 Å². The summed E-state index contributed by atoms with van der Waals surface area (Å²) in [6, 6.07) is 0.209. The van der Waals surface area contributed by atoms with E-state index in [0.717, 1.165) is 0 Å². The van der Waals surface area contributed by atoms with Gasteiger partial charge in [0, 0.05) is 0 Å². The SMILES string of the molecule is O.O.OCc1cnc2nc1[O][Sb][O]c1nc(ncc1CO)[O][Sb][O]2. The van der Waals surface area contributed by atoms with Gasteiger partial charge in [-0.15, -0.1) is 0 Å². The summed E-state index contributed by atoms with van der Waals surface area (Å²) in [6.45, 7) is -0.527. The Bertz CT molecular complexity index is 624. The van der Waals surface area contributed by atoms with Gasteiger partial charge in [0.2, 0.25) is 0 Å². The van der Waals surface area contributed by atoms with Crippen molar-refractivity contribution < 1.29 is 33.2 Å². The third-order valence-corrected chi connectivity index (χ3v) is 5.20. The molecule has 0 unspecified atom stereocenters. The number of hydrogen-bond donors (Lipinski definition) is 2. The van der Waals surface area contributed by atoms with E-state index in [1.807, 2.05) is 0 Å². The fourth-order valence-corrected chi connectivity index (χ4v) is 3.79. The molecule has 0 saturated carbocycles. The number of rotatable bonds is 2. The van der Waals surface area contributed by atoms with Gasteiger partial charge < -0.3 is 11.0 Å². The molecule has 1 aliphatic rings. The molecule has 0 atom stereocenters. The molecular formula is C10H12N4O8Sb2. The second kappa shape index (κ2) is 9.97. The van der Waals surface area contributed by atoms with E-state index >= 15 is 0 Å². The van der Waals surface area contributed by atoms with Crippen molar-refractivity contribution in [3.8, 4) is 23.8 Å². The van der Waals surface area contributed by atoms with Gasteiger partial charge in [-0.1, -0.05) is 0 Å². The topological polar surface area (TPSA) is 192 Å². The quantitative estimate of drug-likeness (QED) is 0.356. The van der Waals surface area contributed by atoms with Gasteiger partial charge in [0.05, 0.1) is 0 Å². The molecule has 0 aliphatic carbocycles. The standard InChI is InChI=1S/2C5H6N2O3.2H2O.2Sb/c2*8-2-3-1-6-5(10)7-4(3)9;;;;/h2*1,8H,2H2,(H2,6,7,9,10);2*1H2;;/q;;;;2*+2/p-4. The zero-order valence-electron chi connectivity index (χ0n) is 11.8. The van der Waals surface area contributed by atoms with Gasteiger partial charge in [-0.2, -0.15) is 0 Å². The summed E-state index contributed by atoms with van der Waals surface area (Å²) in [4.78, 5) is 16.0. The van der Waals surface area contributed by atoms with Crippen molar-refractivity contribution in [1.82, 2.24) is 19.9 Å². The van der Waals surface area contributed by atoms with Crippen LogP contribution < -0.4 is 12.1 Å². The van der Waals surface area contributed by atoms with Crippen LogP contribution in [0.2, 0.25) is 0 Å². The summed E-state index contributed by atoms with van der Waals surface area (Å²) in [5.74, 6) is 0.418. The molecular weight excluding hydrogens is 548 g/mol. The van der Waals surface area contributed by atoms with Crippen molar-refractivity contribution in [1.29, 1.82) is 0 Å². The average molecular weight is 560 g/mol. The van der Waals surface area contributed by atoms with Gasteiger partial charge in [-0.25, -0.2) is 0 Å². The van der Waals surface area contributed by atoms with Crippen LogP contribution in [0.3, 0.4) is 0 Å². The van der Waals surface area contributed by atoms with Crippen LogP contribution in [0.1, 0.15) is 11.1 Å². The van der Waals surface area contributed by atoms with E-state index < -0.39 is 44.9 Å². The molecule has 3 rings (SSSR count). The number of nitrogens with zero attached hydrogens (tertiary/aromatic N) is 4. The second-order valence-electron chi connectivity index (χ2n) is 3.80. The number of hydrogen-bond acceptors (Lipinski definition) is 10. The van der Waals surface area contributed by atoms with Crippen LogP contribution in [0.5, 0.6) is 23.8 Å². The summed E-state index contributed by atoms with van der Waals surface area (Å²) in [7, 11) is 0. The summed E-state index contributed by atoms with van der Waals surface area (Å²) >= 11 is -3.29. The van der Waals surface area contributed by atoms with Crippen LogP contribution in [-0.2, 0) is 13.2 Å². The Hall–Kier alpha value is -1.16. The molecule has 3 heterocycles. The van der Waals surface area contributed by atoms with Gasteiger partial charge in [0.1, 0.15) is 0 Å². The van der Waals surface area contributed by atoms with E-state index in [1.54, 1.807) is 0 Å². The minimum atomic E-state index is -1.67. The van der Waals surface area contributed by atoms with Crippen LogP contribution in [-0.4, -0.2) is 86.0 Å². The van der Waals surface area contributed by atoms with Crippen LogP contribution in [0, 0.1) is 0 Å². The fraction of sp³-hybridized carbons (Fsp3) is 0.200. The van der Waals surface area contributed by atoms with Gasteiger partial charge in [0.25, 0.3) is 0 Å². The molecule has 2 aromatic heterocycles. The zero-order valence-corrected chi connectivity index (χ0v) is 16.9. The van der Waals surface area contributed by atoms with Crippen molar-refractivity contribution in [2.24, 2.45) is 0 Å². The first kappa shape index (κ1) is 20.9. The predicted octanol–water partition coefficient (Wildman–Crippen LogP) is -3.10. The molecule has 130 valence electrons. The first-order chi connectivity index (χ1) is 10.8. The monoisotopic (exact) mass is 558 g/mol. The Morgan fingerprint density at radius 3 is 1.58 bits per heavy atom. The Kier molecular flexibility index (Phi) is 8.67. The fourth-order valence-electron chi connectivity index (χ4n) is 1.39. The van der Waals surface area contributed by atoms with E-state index in [9.17, 15) is 10.2 Å². The third kappa shape index (κ3) is 4.92. The Morgan fingerprint density at radius 1 is 0.750 bits per heavy atom. The molecule has 0 amide bonds. The zero-order chi connectivity index (χ0) is 15.4. The summed E-state index contributed by atoms with van der Waals surface area (Å²) < 4.78 is 21.7. The van der Waals surface area contributed by atoms with Gasteiger partial charge in [-0.05, 0) is 0 Å². The molecule has 6 N–H and O–H groups in total. The predicted molar refractivity (Wildman–Crippen MR) is 77.2 cm³/mol. The van der Waals surface area contributed by atoms with E-state index in [4.69, 9.17) is 12.1 Å². The molecule has 2 aromatic rings. The molecule has 2 radical (unpaired) electrons. The first-order valence-corrected chi connectivity index (χ1v) is 9.99. The molecule has 12 nitrogen and oxygen atoms in total. The summed E-state index contributed by atoms with van der Waals surface area (Å²) in [5, 5.41) is 18.5. The molecule has 14 heteroatoms. The molecule has 0 spiro atoms. The van der Waals surface area contributed by atoms with Gasteiger partial charge >= 0.3 is 148 Å². The van der Waals surface area contributed by atoms with E-state index in [2.05, 4.69) is 19.9 Å². The van der Waals surface area contributed by atoms with Gasteiger partial charge in [-0.3, -0.25) is 0 Å². The van der Waals surface area contributed by atoms with E-state index in [1.165, 1.54) is 12.4 Å². The van der Waals surface area contributed by atoms with Gasteiger partial charge in [0.15, 0.2) is 0 Å². The molecule has 4 bridgehead atoms. The van der Waals surface area contributed by atoms with Crippen LogP contribution in [0.25, 0.3) is 0 Å². The molecule has 0 fully saturated rings. The minimum absolute atomic E-state index is 0. The Balaban J connectivity index is 0.00000144. The molecule has 24 heavy (non-hydrogen) atoms. The van der Waals surface area contributed by atoms with Crippen molar-refractivity contribution in [2.45, 2.75) is 13.2 Å². The van der Waals surface area contributed by atoms with Crippen molar-refractivity contribution in [2.75, 3.05) is 0 Å². The van der Waals surface area contributed by atoms with Crippen molar-refractivity contribution >= 4 is 44.9 Å². The second-order valence-corrected chi connectivity index (χ2v) is 6.73. The van der Waals surface area contributed by atoms with Crippen LogP contribution in [0.4, 0.5) is 0 Å². The maximum atomic E-state index is 9.25. The number of fused-ring (bicyclic) bond motifs is 4. The Morgan fingerprint density at radius 2 is 1.17 bits per heavy atom. The van der Waals surface area contributed by atoms with Crippen LogP contribution in [0.15, 0.2) is 12.4 Å². The maximum absolute atomic E-state index is 9.25. The number of aromatic nitrogens is 4. The molecule has 1 aliphatic heterocycles. The number of aliphatic hydroxyl groups is 2. The Labute approximate surface area is 158 Å². The van der Waals surface area contributed by atoms with Crippen molar-refractivity contribution in [3.63, 3.8) is 0 Å². The third-order valence-electron chi connectivity index (χ3n) is 2.43. The first-order valence-electron chi connectivity index (χ1n) is 5.82. The normalized spacial score (nSPS) is 12.4. The van der Waals surface area contributed by atoms with Crippen molar-refractivity contribution in [3.05, 3.63) is 23.5 Å².